The number of hydrogen-bond donors (Lipinski definition) is 3. The third kappa shape index (κ3) is 3.64. The van der Waals surface area contributed by atoms with E-state index in [1.807, 2.05) is 0 Å². The van der Waals surface area contributed by atoms with Crippen molar-refractivity contribution in [3.8, 4) is 11.1 Å². The van der Waals surface area contributed by atoms with Gasteiger partial charge in [0.15, 0.2) is 0 Å². The first-order chi connectivity index (χ1) is 15.2. The predicted molar refractivity (Wildman–Crippen MR) is 122 cm³/mol. The minimum atomic E-state index is -0.623. The van der Waals surface area contributed by atoms with Gasteiger partial charge in [-0.1, -0.05) is 18.2 Å². The van der Waals surface area contributed by atoms with E-state index in [4.69, 9.17) is 5.21 Å². The number of fused-ring (bicyclic) bond motifs is 3. The van der Waals surface area contributed by atoms with Crippen LogP contribution in [0.25, 0.3) is 22.0 Å². The number of aromatic nitrogens is 3. The lowest BCUT2D eigenvalue weighted by molar-refractivity contribution is 0.0705. The Morgan fingerprint density at radius 1 is 1.16 bits per heavy atom. The maximum atomic E-state index is 11.5. The zero-order chi connectivity index (χ0) is 21.4. The van der Waals surface area contributed by atoms with Crippen LogP contribution in [0, 0.1) is 0 Å². The van der Waals surface area contributed by atoms with E-state index in [2.05, 4.69) is 68.6 Å². The molecule has 0 saturated heterocycles. The number of H-pyrrole nitrogens is 1. The molecule has 2 aromatic carbocycles. The minimum absolute atomic E-state index is 0.216. The van der Waals surface area contributed by atoms with Gasteiger partial charge in [-0.3, -0.25) is 10.0 Å². The van der Waals surface area contributed by atoms with Gasteiger partial charge in [0.25, 0.3) is 5.91 Å². The summed E-state index contributed by atoms with van der Waals surface area (Å²) >= 11 is 1.74. The Labute approximate surface area is 183 Å². The smallest absolute Gasteiger partial charge is 0.277 e. The summed E-state index contributed by atoms with van der Waals surface area (Å²) in [6.07, 6.45) is 5.80. The van der Waals surface area contributed by atoms with Crippen LogP contribution in [-0.2, 0) is 13.0 Å². The van der Waals surface area contributed by atoms with Gasteiger partial charge >= 0.3 is 0 Å². The van der Waals surface area contributed by atoms with Crippen molar-refractivity contribution in [2.45, 2.75) is 17.9 Å². The number of carbonyl (C=O) groups excluding carboxylic acids is 1. The van der Waals surface area contributed by atoms with Gasteiger partial charge in [0, 0.05) is 59.0 Å². The van der Waals surface area contributed by atoms with E-state index < -0.39 is 5.91 Å². The van der Waals surface area contributed by atoms with Crippen LogP contribution in [0.1, 0.15) is 21.6 Å². The van der Waals surface area contributed by atoms with Gasteiger partial charge in [0.05, 0.1) is 5.56 Å². The number of carbonyl (C=O) groups is 1. The molecule has 7 nitrogen and oxygen atoms in total. The normalized spacial score (nSPS) is 13.3. The van der Waals surface area contributed by atoms with Crippen LogP contribution in [0.3, 0.4) is 0 Å². The SMILES string of the molecule is CSc1cccc(-c2ccc3[nH]c4c(c3c2)CN(c2ncc(C(=O)NO)cn2)CC4)c1. The van der Waals surface area contributed by atoms with Gasteiger partial charge in [0.2, 0.25) is 5.95 Å². The molecular formula is C23H21N5O2S. The summed E-state index contributed by atoms with van der Waals surface area (Å²) in [6, 6.07) is 15.1. The van der Waals surface area contributed by atoms with E-state index in [9.17, 15) is 4.79 Å². The molecule has 0 aliphatic carbocycles. The number of aromatic amines is 1. The van der Waals surface area contributed by atoms with Crippen LogP contribution in [0.4, 0.5) is 5.95 Å². The summed E-state index contributed by atoms with van der Waals surface area (Å²) in [6.45, 7) is 1.48. The Bertz CT molecular complexity index is 1270. The number of anilines is 1. The van der Waals surface area contributed by atoms with Gasteiger partial charge in [-0.2, -0.15) is 0 Å². The lowest BCUT2D eigenvalue weighted by atomic mass is 10.00. The van der Waals surface area contributed by atoms with Crippen LogP contribution in [0.2, 0.25) is 0 Å². The molecule has 0 fully saturated rings. The Kier molecular flexibility index (Phi) is 5.09. The molecule has 1 amide bonds. The van der Waals surface area contributed by atoms with E-state index in [-0.39, 0.29) is 5.56 Å². The number of amides is 1. The molecule has 156 valence electrons. The summed E-state index contributed by atoms with van der Waals surface area (Å²) < 4.78 is 0. The third-order valence-corrected chi connectivity index (χ3v) is 6.39. The largest absolute Gasteiger partial charge is 0.358 e. The van der Waals surface area contributed by atoms with Gasteiger partial charge < -0.3 is 9.88 Å². The molecule has 0 bridgehead atoms. The molecular weight excluding hydrogens is 410 g/mol. The molecule has 0 radical (unpaired) electrons. The first-order valence-corrected chi connectivity index (χ1v) is 11.2. The van der Waals surface area contributed by atoms with Crippen molar-refractivity contribution < 1.29 is 10.0 Å². The third-order valence-electron chi connectivity index (χ3n) is 5.66. The molecule has 3 heterocycles. The maximum Gasteiger partial charge on any atom is 0.277 e. The highest BCUT2D eigenvalue weighted by atomic mass is 32.2. The van der Waals surface area contributed by atoms with Crippen molar-refractivity contribution in [1.29, 1.82) is 0 Å². The molecule has 0 atom stereocenters. The fraction of sp³-hybridized carbons (Fsp3) is 0.174. The van der Waals surface area contributed by atoms with Crippen LogP contribution >= 0.6 is 11.8 Å². The van der Waals surface area contributed by atoms with E-state index in [1.165, 1.54) is 45.1 Å². The number of nitrogens with zero attached hydrogens (tertiary/aromatic N) is 3. The summed E-state index contributed by atoms with van der Waals surface area (Å²) in [5, 5.41) is 9.97. The highest BCUT2D eigenvalue weighted by Gasteiger charge is 2.23. The van der Waals surface area contributed by atoms with Crippen LogP contribution in [0.15, 0.2) is 59.8 Å². The second-order valence-electron chi connectivity index (χ2n) is 7.46. The van der Waals surface area contributed by atoms with Crippen molar-refractivity contribution >= 4 is 34.5 Å². The van der Waals surface area contributed by atoms with E-state index >= 15 is 0 Å². The van der Waals surface area contributed by atoms with Crippen LogP contribution in [-0.4, -0.2) is 38.9 Å². The molecule has 1 aliphatic heterocycles. The minimum Gasteiger partial charge on any atom is -0.358 e. The molecule has 2 aromatic heterocycles. The van der Waals surface area contributed by atoms with Crippen LogP contribution < -0.4 is 10.4 Å². The van der Waals surface area contributed by atoms with Crippen LogP contribution in [0.5, 0.6) is 0 Å². The number of hydrogen-bond acceptors (Lipinski definition) is 6. The highest BCUT2D eigenvalue weighted by Crippen LogP contribution is 2.33. The van der Waals surface area contributed by atoms with E-state index in [0.29, 0.717) is 12.5 Å². The van der Waals surface area contributed by atoms with Crippen molar-refractivity contribution in [3.05, 3.63) is 71.7 Å². The van der Waals surface area contributed by atoms with Gasteiger partial charge in [-0.25, -0.2) is 15.4 Å². The Morgan fingerprint density at radius 3 is 2.74 bits per heavy atom. The molecule has 31 heavy (non-hydrogen) atoms. The second-order valence-corrected chi connectivity index (χ2v) is 8.34. The van der Waals surface area contributed by atoms with Crippen molar-refractivity contribution in [2.24, 2.45) is 0 Å². The molecule has 0 spiro atoms. The average Bonchev–Trinajstić information content (AvgIpc) is 3.20. The second kappa shape index (κ2) is 8.05. The standard InChI is InChI=1S/C23H21N5O2S/c1-31-17-4-2-3-14(9-17)15-5-6-20-18(10-15)19-13-28(8-7-21(19)26-20)23-24-11-16(12-25-23)22(29)27-30/h2-6,9-12,26,30H,7-8,13H2,1H3,(H,27,29). The first kappa shape index (κ1) is 19.6. The van der Waals surface area contributed by atoms with Crippen molar-refractivity contribution in [2.75, 3.05) is 17.7 Å². The molecule has 3 N–H and O–H groups in total. The molecule has 0 unspecified atom stereocenters. The summed E-state index contributed by atoms with van der Waals surface area (Å²) in [5.74, 6) is -0.0551. The van der Waals surface area contributed by atoms with Gasteiger partial charge in [-0.15, -0.1) is 11.8 Å². The first-order valence-electron chi connectivity index (χ1n) is 9.95. The summed E-state index contributed by atoms with van der Waals surface area (Å²) in [7, 11) is 0. The number of benzene rings is 2. The molecule has 8 heteroatoms. The van der Waals surface area contributed by atoms with E-state index in [1.54, 1.807) is 17.2 Å². The summed E-state index contributed by atoms with van der Waals surface area (Å²) in [4.78, 5) is 27.1. The summed E-state index contributed by atoms with van der Waals surface area (Å²) in [5.41, 5.74) is 7.85. The highest BCUT2D eigenvalue weighted by molar-refractivity contribution is 7.98. The zero-order valence-corrected chi connectivity index (χ0v) is 17.7. The number of thioether (sulfide) groups is 1. The Balaban J connectivity index is 1.48. The maximum absolute atomic E-state index is 11.5. The van der Waals surface area contributed by atoms with E-state index in [0.717, 1.165) is 18.5 Å². The lowest BCUT2D eigenvalue weighted by Crippen LogP contribution is -2.31. The number of rotatable bonds is 4. The molecule has 0 saturated carbocycles. The monoisotopic (exact) mass is 431 g/mol. The topological polar surface area (TPSA) is 94.1 Å². The predicted octanol–water partition coefficient (Wildman–Crippen LogP) is 4.03. The lowest BCUT2D eigenvalue weighted by Gasteiger charge is -2.27. The fourth-order valence-electron chi connectivity index (χ4n) is 4.03. The Hall–Kier alpha value is -3.36. The van der Waals surface area contributed by atoms with Gasteiger partial charge in [-0.05, 0) is 41.6 Å². The van der Waals surface area contributed by atoms with Gasteiger partial charge in [0.1, 0.15) is 0 Å². The molecule has 5 rings (SSSR count). The number of nitrogens with one attached hydrogen (secondary N) is 2. The fourth-order valence-corrected chi connectivity index (χ4v) is 4.49. The molecule has 1 aliphatic rings. The zero-order valence-electron chi connectivity index (χ0n) is 16.9. The number of hydroxylamine groups is 1. The van der Waals surface area contributed by atoms with Crippen molar-refractivity contribution in [1.82, 2.24) is 20.4 Å². The average molecular weight is 432 g/mol. The quantitative estimate of drug-likeness (QED) is 0.257. The van der Waals surface area contributed by atoms with Crippen molar-refractivity contribution in [3.63, 3.8) is 0 Å². The molecule has 4 aromatic rings. The Morgan fingerprint density at radius 2 is 1.97 bits per heavy atom.